The molecule has 1 aromatic carbocycles. The number of hydrogen-bond acceptors (Lipinski definition) is 2. The van der Waals surface area contributed by atoms with E-state index >= 15 is 0 Å². The van der Waals surface area contributed by atoms with Crippen molar-refractivity contribution in [3.05, 3.63) is 35.6 Å². The van der Waals surface area contributed by atoms with Crippen molar-refractivity contribution in [3.63, 3.8) is 0 Å². The van der Waals surface area contributed by atoms with Crippen molar-refractivity contribution < 1.29 is 4.39 Å². The minimum absolute atomic E-state index is 0.115. The van der Waals surface area contributed by atoms with Crippen molar-refractivity contribution in [3.8, 4) is 0 Å². The van der Waals surface area contributed by atoms with Gasteiger partial charge >= 0.3 is 0 Å². The lowest BCUT2D eigenvalue weighted by atomic mass is 9.85. The summed E-state index contributed by atoms with van der Waals surface area (Å²) in [7, 11) is 4.05. The lowest BCUT2D eigenvalue weighted by Gasteiger charge is -2.32. The second-order valence-corrected chi connectivity index (χ2v) is 6.33. The average Bonchev–Trinajstić information content (AvgIpc) is 2.31. The molecule has 0 aromatic heterocycles. The third-order valence-electron chi connectivity index (χ3n) is 3.59. The fourth-order valence-corrected chi connectivity index (χ4v) is 2.36. The van der Waals surface area contributed by atoms with Crippen LogP contribution >= 0.6 is 0 Å². The number of halogens is 1. The Bertz CT molecular complexity index is 385. The van der Waals surface area contributed by atoms with Gasteiger partial charge in [-0.05, 0) is 38.5 Å². The summed E-state index contributed by atoms with van der Waals surface area (Å²) in [5.41, 5.74) is 1.01. The molecule has 0 amide bonds. The zero-order chi connectivity index (χ0) is 14.5. The number of hydrogen-bond donors (Lipinski definition) is 1. The summed E-state index contributed by atoms with van der Waals surface area (Å²) in [5, 5.41) is 3.37. The first kappa shape index (κ1) is 16.1. The van der Waals surface area contributed by atoms with E-state index in [-0.39, 0.29) is 11.2 Å². The molecular weight excluding hydrogens is 239 g/mol. The lowest BCUT2D eigenvalue weighted by Crippen LogP contribution is -2.40. The fourth-order valence-electron chi connectivity index (χ4n) is 2.36. The van der Waals surface area contributed by atoms with E-state index in [0.717, 1.165) is 18.5 Å². The van der Waals surface area contributed by atoms with Crippen LogP contribution in [-0.4, -0.2) is 31.6 Å². The van der Waals surface area contributed by atoms with Crippen LogP contribution in [-0.2, 0) is 6.54 Å². The molecule has 0 radical (unpaired) electrons. The molecule has 3 heteroatoms. The van der Waals surface area contributed by atoms with Crippen molar-refractivity contribution in [2.45, 2.75) is 39.8 Å². The summed E-state index contributed by atoms with van der Waals surface area (Å²) in [6.07, 6.45) is 1.06. The molecule has 1 N–H and O–H groups in total. The standard InChI is InChI=1S/C16H27FN2/c1-16(2,3)15(18-4)10-11-19(5)12-13-8-6-7-9-14(13)17/h6-9,15,18H,10-12H2,1-5H3. The van der Waals surface area contributed by atoms with Crippen LogP contribution in [0.5, 0.6) is 0 Å². The normalized spacial score (nSPS) is 13.8. The molecule has 19 heavy (non-hydrogen) atoms. The Morgan fingerprint density at radius 3 is 2.42 bits per heavy atom. The van der Waals surface area contributed by atoms with Crippen LogP contribution in [0, 0.1) is 11.2 Å². The second kappa shape index (κ2) is 7.01. The monoisotopic (exact) mass is 266 g/mol. The van der Waals surface area contributed by atoms with E-state index in [2.05, 4.69) is 31.0 Å². The van der Waals surface area contributed by atoms with Crippen LogP contribution < -0.4 is 5.32 Å². The van der Waals surface area contributed by atoms with Gasteiger partial charge in [0.2, 0.25) is 0 Å². The molecule has 108 valence electrons. The van der Waals surface area contributed by atoms with Gasteiger partial charge in [-0.3, -0.25) is 0 Å². The largest absolute Gasteiger partial charge is 0.316 e. The molecule has 2 nitrogen and oxygen atoms in total. The van der Waals surface area contributed by atoms with E-state index < -0.39 is 0 Å². The van der Waals surface area contributed by atoms with E-state index in [1.165, 1.54) is 6.07 Å². The van der Waals surface area contributed by atoms with E-state index in [0.29, 0.717) is 12.6 Å². The Morgan fingerprint density at radius 1 is 1.26 bits per heavy atom. The van der Waals surface area contributed by atoms with E-state index in [4.69, 9.17) is 0 Å². The zero-order valence-corrected chi connectivity index (χ0v) is 12.8. The molecule has 0 heterocycles. The molecule has 0 aliphatic carbocycles. The second-order valence-electron chi connectivity index (χ2n) is 6.33. The lowest BCUT2D eigenvalue weighted by molar-refractivity contribution is 0.226. The van der Waals surface area contributed by atoms with Crippen LogP contribution in [0.2, 0.25) is 0 Å². The summed E-state index contributed by atoms with van der Waals surface area (Å²) in [4.78, 5) is 2.18. The Hall–Kier alpha value is -0.930. The fraction of sp³-hybridized carbons (Fsp3) is 0.625. The molecule has 0 aliphatic rings. The van der Waals surface area contributed by atoms with Gasteiger partial charge in [0.1, 0.15) is 5.82 Å². The van der Waals surface area contributed by atoms with Crippen molar-refractivity contribution in [1.82, 2.24) is 10.2 Å². The Labute approximate surface area is 117 Å². The predicted molar refractivity (Wildman–Crippen MR) is 79.7 cm³/mol. The minimum atomic E-state index is -0.115. The van der Waals surface area contributed by atoms with E-state index in [9.17, 15) is 4.39 Å². The molecule has 0 saturated carbocycles. The van der Waals surface area contributed by atoms with Gasteiger partial charge in [0.05, 0.1) is 0 Å². The summed E-state index contributed by atoms with van der Waals surface area (Å²) in [6.45, 7) is 8.34. The first-order valence-electron chi connectivity index (χ1n) is 6.94. The zero-order valence-electron chi connectivity index (χ0n) is 12.8. The van der Waals surface area contributed by atoms with Crippen molar-refractivity contribution in [2.24, 2.45) is 5.41 Å². The molecule has 1 unspecified atom stereocenters. The highest BCUT2D eigenvalue weighted by atomic mass is 19.1. The SMILES string of the molecule is CNC(CCN(C)Cc1ccccc1F)C(C)(C)C. The third-order valence-corrected chi connectivity index (χ3v) is 3.59. The predicted octanol–water partition coefficient (Wildman–Crippen LogP) is 3.28. The maximum atomic E-state index is 13.6. The minimum Gasteiger partial charge on any atom is -0.316 e. The van der Waals surface area contributed by atoms with Gasteiger partial charge in [0.15, 0.2) is 0 Å². The number of rotatable bonds is 6. The Kier molecular flexibility index (Phi) is 5.95. The Balaban J connectivity index is 2.48. The summed E-state index contributed by atoms with van der Waals surface area (Å²) in [6, 6.07) is 7.46. The van der Waals surface area contributed by atoms with Gasteiger partial charge in [0, 0.05) is 18.2 Å². The molecule has 0 aliphatic heterocycles. The van der Waals surface area contributed by atoms with Crippen LogP contribution in [0.15, 0.2) is 24.3 Å². The summed E-state index contributed by atoms with van der Waals surface area (Å²) >= 11 is 0. The first-order valence-corrected chi connectivity index (χ1v) is 6.94. The summed E-state index contributed by atoms with van der Waals surface area (Å²) < 4.78 is 13.6. The average molecular weight is 266 g/mol. The van der Waals surface area contributed by atoms with E-state index in [1.807, 2.05) is 26.2 Å². The van der Waals surface area contributed by atoms with Crippen LogP contribution in [0.4, 0.5) is 4.39 Å². The number of benzene rings is 1. The van der Waals surface area contributed by atoms with Crippen LogP contribution in [0.3, 0.4) is 0 Å². The highest BCUT2D eigenvalue weighted by Crippen LogP contribution is 2.21. The van der Waals surface area contributed by atoms with Gasteiger partial charge in [-0.2, -0.15) is 0 Å². The molecule has 0 spiro atoms. The molecule has 0 bridgehead atoms. The molecule has 0 fully saturated rings. The third kappa shape index (κ3) is 5.29. The van der Waals surface area contributed by atoms with Gasteiger partial charge in [-0.1, -0.05) is 39.0 Å². The Morgan fingerprint density at radius 2 is 1.89 bits per heavy atom. The highest BCUT2D eigenvalue weighted by Gasteiger charge is 2.22. The molecule has 1 atom stereocenters. The molecule has 0 saturated heterocycles. The van der Waals surface area contributed by atoms with Gasteiger partial charge in [-0.15, -0.1) is 0 Å². The topological polar surface area (TPSA) is 15.3 Å². The van der Waals surface area contributed by atoms with Gasteiger partial charge in [0.25, 0.3) is 0 Å². The first-order chi connectivity index (χ1) is 8.84. The highest BCUT2D eigenvalue weighted by molar-refractivity contribution is 5.16. The maximum absolute atomic E-state index is 13.6. The smallest absolute Gasteiger partial charge is 0.127 e. The van der Waals surface area contributed by atoms with E-state index in [1.54, 1.807) is 6.07 Å². The molecule has 1 rings (SSSR count). The van der Waals surface area contributed by atoms with Crippen LogP contribution in [0.1, 0.15) is 32.8 Å². The number of nitrogens with zero attached hydrogens (tertiary/aromatic N) is 1. The maximum Gasteiger partial charge on any atom is 0.127 e. The van der Waals surface area contributed by atoms with Crippen molar-refractivity contribution >= 4 is 0 Å². The van der Waals surface area contributed by atoms with Gasteiger partial charge < -0.3 is 10.2 Å². The molecular formula is C16H27FN2. The quantitative estimate of drug-likeness (QED) is 0.850. The number of nitrogens with one attached hydrogen (secondary N) is 1. The summed E-state index contributed by atoms with van der Waals surface area (Å²) in [5.74, 6) is -0.115. The molecule has 1 aromatic rings. The van der Waals surface area contributed by atoms with Crippen LogP contribution in [0.25, 0.3) is 0 Å². The van der Waals surface area contributed by atoms with Crippen molar-refractivity contribution in [2.75, 3.05) is 20.6 Å². The van der Waals surface area contributed by atoms with Gasteiger partial charge in [-0.25, -0.2) is 4.39 Å². The van der Waals surface area contributed by atoms with Crippen molar-refractivity contribution in [1.29, 1.82) is 0 Å².